The van der Waals surface area contributed by atoms with Crippen LogP contribution in [0, 0.1) is 0 Å². The van der Waals surface area contributed by atoms with Gasteiger partial charge in [-0.05, 0) is 53.9 Å². The van der Waals surface area contributed by atoms with Crippen LogP contribution in [0.5, 0.6) is 17.2 Å². The summed E-state index contributed by atoms with van der Waals surface area (Å²) in [7, 11) is 0. The first-order valence-corrected chi connectivity index (χ1v) is 11.6. The molecule has 0 heterocycles. The number of para-hydroxylation sites is 1. The highest BCUT2D eigenvalue weighted by molar-refractivity contribution is 9.10. The number of rotatable bonds is 9. The van der Waals surface area contributed by atoms with Gasteiger partial charge >= 0.3 is 11.9 Å². The molecule has 3 aromatic rings. The number of carbonyl (C=O) groups is 2. The van der Waals surface area contributed by atoms with Gasteiger partial charge in [-0.25, -0.2) is 9.59 Å². The van der Waals surface area contributed by atoms with Crippen molar-refractivity contribution in [1.82, 2.24) is 0 Å². The van der Waals surface area contributed by atoms with Gasteiger partial charge in [-0.2, -0.15) is 0 Å². The number of hydrogen-bond acceptors (Lipinski definition) is 6. The van der Waals surface area contributed by atoms with Gasteiger partial charge in [0, 0.05) is 10.0 Å². The average molecular weight is 527 g/mol. The van der Waals surface area contributed by atoms with Crippen LogP contribution in [0.4, 0.5) is 0 Å². The minimum Gasteiger partial charge on any atom is -0.490 e. The van der Waals surface area contributed by atoms with E-state index >= 15 is 0 Å². The normalized spacial score (nSPS) is 10.9. The molecule has 0 fully saturated rings. The lowest BCUT2D eigenvalue weighted by atomic mass is 9.86. The Morgan fingerprint density at radius 3 is 2.29 bits per heavy atom. The molecule has 0 amide bonds. The number of hydrogen-bond donors (Lipinski definition) is 0. The standard InChI is InChI=1S/C27H27BrO6/c1-27(2,3)23-17-20(28)12-13-24(23)33-18-25(29)34-22-11-7-8-19(16-22)26(30)32-15-14-31-21-9-5-4-6-10-21/h4-13,16-17H,14-15,18H2,1-3H3. The van der Waals surface area contributed by atoms with Crippen LogP contribution in [0.2, 0.25) is 0 Å². The minimum atomic E-state index is -0.579. The van der Waals surface area contributed by atoms with Crippen molar-refractivity contribution in [2.75, 3.05) is 19.8 Å². The number of benzene rings is 3. The van der Waals surface area contributed by atoms with Gasteiger partial charge in [-0.1, -0.05) is 61.0 Å². The van der Waals surface area contributed by atoms with Crippen molar-refractivity contribution in [3.8, 4) is 17.2 Å². The van der Waals surface area contributed by atoms with E-state index in [-0.39, 0.29) is 36.5 Å². The molecule has 0 saturated heterocycles. The summed E-state index contributed by atoms with van der Waals surface area (Å²) in [6, 6.07) is 21.2. The molecule has 0 N–H and O–H groups in total. The van der Waals surface area contributed by atoms with Crippen LogP contribution in [-0.2, 0) is 14.9 Å². The molecule has 0 spiro atoms. The van der Waals surface area contributed by atoms with E-state index in [2.05, 4.69) is 36.7 Å². The minimum absolute atomic E-state index is 0.0921. The lowest BCUT2D eigenvalue weighted by molar-refractivity contribution is -0.136. The highest BCUT2D eigenvalue weighted by Crippen LogP contribution is 2.33. The molecule has 34 heavy (non-hydrogen) atoms. The highest BCUT2D eigenvalue weighted by Gasteiger charge is 2.20. The van der Waals surface area contributed by atoms with E-state index in [9.17, 15) is 9.59 Å². The average Bonchev–Trinajstić information content (AvgIpc) is 2.81. The van der Waals surface area contributed by atoms with Crippen LogP contribution in [0.1, 0.15) is 36.7 Å². The first-order valence-electron chi connectivity index (χ1n) is 10.8. The van der Waals surface area contributed by atoms with Crippen LogP contribution in [0.15, 0.2) is 77.3 Å². The van der Waals surface area contributed by atoms with Crippen LogP contribution in [-0.4, -0.2) is 31.8 Å². The second-order valence-electron chi connectivity index (χ2n) is 8.48. The maximum absolute atomic E-state index is 12.4. The number of ether oxygens (including phenoxy) is 4. The Balaban J connectivity index is 1.51. The molecule has 0 bridgehead atoms. The fraction of sp³-hybridized carbons (Fsp3) is 0.259. The molecule has 0 atom stereocenters. The zero-order chi connectivity index (χ0) is 24.6. The molecule has 0 aliphatic heterocycles. The van der Waals surface area contributed by atoms with Crippen molar-refractivity contribution >= 4 is 27.9 Å². The zero-order valence-corrected chi connectivity index (χ0v) is 21.0. The Hall–Kier alpha value is -3.32. The van der Waals surface area contributed by atoms with Gasteiger partial charge in [0.15, 0.2) is 6.61 Å². The van der Waals surface area contributed by atoms with Gasteiger partial charge in [0.25, 0.3) is 0 Å². The van der Waals surface area contributed by atoms with E-state index in [1.54, 1.807) is 18.2 Å². The van der Waals surface area contributed by atoms with Crippen molar-refractivity contribution < 1.29 is 28.5 Å². The molecule has 0 aliphatic rings. The fourth-order valence-electron chi connectivity index (χ4n) is 3.09. The van der Waals surface area contributed by atoms with E-state index in [4.69, 9.17) is 18.9 Å². The van der Waals surface area contributed by atoms with Crippen molar-refractivity contribution in [3.05, 3.63) is 88.4 Å². The molecule has 0 aromatic heterocycles. The van der Waals surface area contributed by atoms with Crippen molar-refractivity contribution in [1.29, 1.82) is 0 Å². The molecule has 0 aliphatic carbocycles. The molecule has 0 radical (unpaired) electrons. The third kappa shape index (κ3) is 7.63. The summed E-state index contributed by atoms with van der Waals surface area (Å²) < 4.78 is 22.8. The summed E-state index contributed by atoms with van der Waals surface area (Å²) in [6.07, 6.45) is 0. The lowest BCUT2D eigenvalue weighted by Crippen LogP contribution is -2.20. The highest BCUT2D eigenvalue weighted by atomic mass is 79.9. The third-order valence-electron chi connectivity index (χ3n) is 4.72. The Morgan fingerprint density at radius 1 is 0.824 bits per heavy atom. The Morgan fingerprint density at radius 2 is 1.56 bits per heavy atom. The molecular weight excluding hydrogens is 500 g/mol. The van der Waals surface area contributed by atoms with Crippen LogP contribution < -0.4 is 14.2 Å². The molecule has 0 unspecified atom stereocenters. The van der Waals surface area contributed by atoms with Crippen molar-refractivity contribution in [2.24, 2.45) is 0 Å². The van der Waals surface area contributed by atoms with Gasteiger partial charge in [-0.15, -0.1) is 0 Å². The zero-order valence-electron chi connectivity index (χ0n) is 19.4. The van der Waals surface area contributed by atoms with Gasteiger partial charge in [-0.3, -0.25) is 0 Å². The Labute approximate surface area is 207 Å². The summed E-state index contributed by atoms with van der Waals surface area (Å²) in [5.41, 5.74) is 1.08. The molecule has 6 nitrogen and oxygen atoms in total. The molecule has 0 saturated carbocycles. The first kappa shape index (κ1) is 25.3. The van der Waals surface area contributed by atoms with Gasteiger partial charge < -0.3 is 18.9 Å². The summed E-state index contributed by atoms with van der Waals surface area (Å²) in [5, 5.41) is 0. The fourth-order valence-corrected chi connectivity index (χ4v) is 3.45. The van der Waals surface area contributed by atoms with Crippen LogP contribution in [0.25, 0.3) is 0 Å². The molecule has 7 heteroatoms. The van der Waals surface area contributed by atoms with Gasteiger partial charge in [0.2, 0.25) is 0 Å². The van der Waals surface area contributed by atoms with E-state index in [1.807, 2.05) is 48.5 Å². The lowest BCUT2D eigenvalue weighted by Gasteiger charge is -2.23. The molecule has 3 aromatic carbocycles. The van der Waals surface area contributed by atoms with Crippen LogP contribution in [0.3, 0.4) is 0 Å². The third-order valence-corrected chi connectivity index (χ3v) is 5.22. The monoisotopic (exact) mass is 526 g/mol. The van der Waals surface area contributed by atoms with Gasteiger partial charge in [0.05, 0.1) is 5.56 Å². The first-order chi connectivity index (χ1) is 16.2. The Bertz CT molecular complexity index is 1120. The van der Waals surface area contributed by atoms with Gasteiger partial charge in [0.1, 0.15) is 30.5 Å². The maximum Gasteiger partial charge on any atom is 0.349 e. The molecular formula is C27H27BrO6. The Kier molecular flexibility index (Phi) is 8.71. The molecule has 3 rings (SSSR count). The smallest absolute Gasteiger partial charge is 0.349 e. The quantitative estimate of drug-likeness (QED) is 0.194. The molecule has 178 valence electrons. The second kappa shape index (κ2) is 11.7. The van der Waals surface area contributed by atoms with Crippen molar-refractivity contribution in [3.63, 3.8) is 0 Å². The maximum atomic E-state index is 12.4. The van der Waals surface area contributed by atoms with E-state index < -0.39 is 11.9 Å². The predicted octanol–water partition coefficient (Wildman–Crippen LogP) is 5.97. The van der Waals surface area contributed by atoms with E-state index in [0.29, 0.717) is 11.5 Å². The number of esters is 2. The summed E-state index contributed by atoms with van der Waals surface area (Å²) >= 11 is 3.47. The summed E-state index contributed by atoms with van der Waals surface area (Å²) in [5.74, 6) is 0.436. The summed E-state index contributed by atoms with van der Waals surface area (Å²) in [4.78, 5) is 24.7. The number of halogens is 1. The SMILES string of the molecule is CC(C)(C)c1cc(Br)ccc1OCC(=O)Oc1cccc(C(=O)OCCOc2ccccc2)c1. The number of carbonyl (C=O) groups excluding carboxylic acids is 2. The van der Waals surface area contributed by atoms with E-state index in [1.165, 1.54) is 6.07 Å². The van der Waals surface area contributed by atoms with Crippen molar-refractivity contribution in [2.45, 2.75) is 26.2 Å². The summed E-state index contributed by atoms with van der Waals surface area (Å²) in [6.45, 7) is 6.26. The van der Waals surface area contributed by atoms with Crippen LogP contribution >= 0.6 is 15.9 Å². The largest absolute Gasteiger partial charge is 0.490 e. The topological polar surface area (TPSA) is 71.1 Å². The van der Waals surface area contributed by atoms with E-state index in [0.717, 1.165) is 10.0 Å². The second-order valence-corrected chi connectivity index (χ2v) is 9.39. The predicted molar refractivity (Wildman–Crippen MR) is 133 cm³/mol.